The molecule has 6 heteroatoms. The molecule has 3 rings (SSSR count). The Labute approximate surface area is 138 Å². The van der Waals surface area contributed by atoms with Crippen molar-refractivity contribution in [3.63, 3.8) is 0 Å². The number of nitrogens with zero attached hydrogens (tertiary/aromatic N) is 1. The molecule has 5 nitrogen and oxygen atoms in total. The number of fused-ring (bicyclic) bond motifs is 1. The first-order valence-electron chi connectivity index (χ1n) is 7.22. The van der Waals surface area contributed by atoms with Crippen LogP contribution in [0.4, 0.5) is 9.93 Å². The SMILES string of the molecule is COCc1ccccc1CNC(=O)Nc1nc2ccccc2s1. The summed E-state index contributed by atoms with van der Waals surface area (Å²) in [7, 11) is 1.66. The number of para-hydroxylation sites is 1. The number of nitrogens with one attached hydrogen (secondary N) is 2. The number of aromatic nitrogens is 1. The van der Waals surface area contributed by atoms with Crippen LogP contribution in [-0.4, -0.2) is 18.1 Å². The summed E-state index contributed by atoms with van der Waals surface area (Å²) in [5.74, 6) is 0. The van der Waals surface area contributed by atoms with E-state index < -0.39 is 0 Å². The Bertz CT molecular complexity index is 783. The quantitative estimate of drug-likeness (QED) is 0.750. The first-order valence-corrected chi connectivity index (χ1v) is 8.04. The summed E-state index contributed by atoms with van der Waals surface area (Å²) < 4.78 is 6.22. The predicted octanol–water partition coefficient (Wildman–Crippen LogP) is 3.76. The lowest BCUT2D eigenvalue weighted by Gasteiger charge is -2.10. The topological polar surface area (TPSA) is 63.2 Å². The molecule has 2 amide bonds. The predicted molar refractivity (Wildman–Crippen MR) is 92.6 cm³/mol. The molecule has 0 aliphatic heterocycles. The molecule has 0 atom stereocenters. The van der Waals surface area contributed by atoms with Crippen LogP contribution in [0.1, 0.15) is 11.1 Å². The Kier molecular flexibility index (Phi) is 4.85. The van der Waals surface area contributed by atoms with Crippen LogP contribution in [0.5, 0.6) is 0 Å². The maximum absolute atomic E-state index is 12.0. The van der Waals surface area contributed by atoms with E-state index in [1.54, 1.807) is 7.11 Å². The lowest BCUT2D eigenvalue weighted by Crippen LogP contribution is -2.28. The van der Waals surface area contributed by atoms with E-state index in [0.717, 1.165) is 21.3 Å². The van der Waals surface area contributed by atoms with E-state index in [2.05, 4.69) is 15.6 Å². The van der Waals surface area contributed by atoms with Crippen LogP contribution in [0.15, 0.2) is 48.5 Å². The maximum Gasteiger partial charge on any atom is 0.321 e. The van der Waals surface area contributed by atoms with Crippen LogP contribution in [0.3, 0.4) is 0 Å². The number of hydrogen-bond acceptors (Lipinski definition) is 4. The summed E-state index contributed by atoms with van der Waals surface area (Å²) in [5, 5.41) is 6.22. The summed E-state index contributed by atoms with van der Waals surface area (Å²) >= 11 is 1.46. The largest absolute Gasteiger partial charge is 0.380 e. The first kappa shape index (κ1) is 15.5. The van der Waals surface area contributed by atoms with Crippen LogP contribution in [0, 0.1) is 0 Å². The van der Waals surface area contributed by atoms with E-state index in [-0.39, 0.29) is 6.03 Å². The Morgan fingerprint density at radius 3 is 2.65 bits per heavy atom. The Morgan fingerprint density at radius 1 is 1.13 bits per heavy atom. The van der Waals surface area contributed by atoms with Crippen molar-refractivity contribution in [2.24, 2.45) is 0 Å². The van der Waals surface area contributed by atoms with Gasteiger partial charge in [-0.15, -0.1) is 0 Å². The van der Waals surface area contributed by atoms with Crippen molar-refractivity contribution in [1.82, 2.24) is 10.3 Å². The van der Waals surface area contributed by atoms with E-state index in [4.69, 9.17) is 4.74 Å². The normalized spacial score (nSPS) is 10.7. The molecule has 3 aromatic rings. The summed E-state index contributed by atoms with van der Waals surface area (Å²) in [6, 6.07) is 15.4. The third kappa shape index (κ3) is 3.85. The van der Waals surface area contributed by atoms with Gasteiger partial charge in [0.15, 0.2) is 5.13 Å². The molecule has 0 bridgehead atoms. The lowest BCUT2D eigenvalue weighted by atomic mass is 10.1. The van der Waals surface area contributed by atoms with Crippen molar-refractivity contribution in [2.75, 3.05) is 12.4 Å². The standard InChI is InChI=1S/C17H17N3O2S/c1-22-11-13-7-3-2-6-12(13)10-18-16(21)20-17-19-14-8-4-5-9-15(14)23-17/h2-9H,10-11H2,1H3,(H2,18,19,20,21). The molecule has 1 heterocycles. The Hall–Kier alpha value is -2.44. The first-order chi connectivity index (χ1) is 11.3. The molecule has 23 heavy (non-hydrogen) atoms. The molecular weight excluding hydrogens is 310 g/mol. The fourth-order valence-electron chi connectivity index (χ4n) is 2.27. The molecule has 0 aliphatic rings. The molecule has 0 unspecified atom stereocenters. The fourth-order valence-corrected chi connectivity index (χ4v) is 3.13. The highest BCUT2D eigenvalue weighted by molar-refractivity contribution is 7.22. The number of carbonyl (C=O) groups is 1. The Balaban J connectivity index is 1.61. The highest BCUT2D eigenvalue weighted by atomic mass is 32.1. The minimum absolute atomic E-state index is 0.267. The second-order valence-electron chi connectivity index (χ2n) is 5.00. The molecule has 2 N–H and O–H groups in total. The molecule has 0 fully saturated rings. The second-order valence-corrected chi connectivity index (χ2v) is 6.03. The van der Waals surface area contributed by atoms with Crippen molar-refractivity contribution >= 4 is 32.7 Å². The van der Waals surface area contributed by atoms with Gasteiger partial charge in [-0.05, 0) is 23.3 Å². The molecule has 0 radical (unpaired) electrons. The summed E-state index contributed by atoms with van der Waals surface area (Å²) in [6.07, 6.45) is 0. The van der Waals surface area contributed by atoms with Crippen molar-refractivity contribution < 1.29 is 9.53 Å². The number of hydrogen-bond donors (Lipinski definition) is 2. The number of benzene rings is 2. The van der Waals surface area contributed by atoms with Gasteiger partial charge in [-0.3, -0.25) is 5.32 Å². The third-order valence-corrected chi connectivity index (χ3v) is 4.32. The molecule has 0 aliphatic carbocycles. The summed E-state index contributed by atoms with van der Waals surface area (Å²) in [6.45, 7) is 0.966. The van der Waals surface area contributed by atoms with E-state index in [9.17, 15) is 4.79 Å². The summed E-state index contributed by atoms with van der Waals surface area (Å²) in [5.41, 5.74) is 2.99. The molecule has 1 aromatic heterocycles. The van der Waals surface area contributed by atoms with Crippen molar-refractivity contribution in [3.8, 4) is 0 Å². The van der Waals surface area contributed by atoms with E-state index in [0.29, 0.717) is 18.3 Å². The van der Waals surface area contributed by atoms with Gasteiger partial charge in [0.25, 0.3) is 0 Å². The highest BCUT2D eigenvalue weighted by Gasteiger charge is 2.08. The van der Waals surface area contributed by atoms with Crippen LogP contribution in [0.25, 0.3) is 10.2 Å². The minimum Gasteiger partial charge on any atom is -0.380 e. The zero-order chi connectivity index (χ0) is 16.1. The lowest BCUT2D eigenvalue weighted by molar-refractivity contribution is 0.184. The monoisotopic (exact) mass is 327 g/mol. The zero-order valence-electron chi connectivity index (χ0n) is 12.7. The number of anilines is 1. The van der Waals surface area contributed by atoms with Gasteiger partial charge in [-0.1, -0.05) is 47.7 Å². The van der Waals surface area contributed by atoms with Gasteiger partial charge in [0, 0.05) is 13.7 Å². The number of ether oxygens (including phenoxy) is 1. The van der Waals surface area contributed by atoms with Crippen LogP contribution in [-0.2, 0) is 17.9 Å². The van der Waals surface area contributed by atoms with E-state index in [1.807, 2.05) is 48.5 Å². The third-order valence-electron chi connectivity index (χ3n) is 3.37. The number of carbonyl (C=O) groups excluding carboxylic acids is 1. The molecule has 0 saturated heterocycles. The number of urea groups is 1. The van der Waals surface area contributed by atoms with Gasteiger partial charge in [-0.2, -0.15) is 0 Å². The average Bonchev–Trinajstić information content (AvgIpc) is 2.96. The van der Waals surface area contributed by atoms with Gasteiger partial charge in [-0.25, -0.2) is 9.78 Å². The van der Waals surface area contributed by atoms with Gasteiger partial charge in [0.05, 0.1) is 16.8 Å². The zero-order valence-corrected chi connectivity index (χ0v) is 13.5. The van der Waals surface area contributed by atoms with Gasteiger partial charge < -0.3 is 10.1 Å². The van der Waals surface area contributed by atoms with Crippen molar-refractivity contribution in [3.05, 3.63) is 59.7 Å². The molecule has 118 valence electrons. The van der Waals surface area contributed by atoms with E-state index >= 15 is 0 Å². The number of amides is 2. The molecule has 0 saturated carbocycles. The van der Waals surface area contributed by atoms with Crippen LogP contribution in [0.2, 0.25) is 0 Å². The number of thiazole rings is 1. The smallest absolute Gasteiger partial charge is 0.321 e. The second kappa shape index (κ2) is 7.21. The average molecular weight is 327 g/mol. The number of rotatable bonds is 5. The van der Waals surface area contributed by atoms with Gasteiger partial charge in [0.1, 0.15) is 0 Å². The summed E-state index contributed by atoms with van der Waals surface area (Å²) in [4.78, 5) is 16.4. The van der Waals surface area contributed by atoms with E-state index in [1.165, 1.54) is 11.3 Å². The molecule has 0 spiro atoms. The van der Waals surface area contributed by atoms with Crippen LogP contribution < -0.4 is 10.6 Å². The minimum atomic E-state index is -0.267. The Morgan fingerprint density at radius 2 is 1.87 bits per heavy atom. The maximum atomic E-state index is 12.0. The van der Waals surface area contributed by atoms with Crippen molar-refractivity contribution in [2.45, 2.75) is 13.2 Å². The highest BCUT2D eigenvalue weighted by Crippen LogP contribution is 2.25. The molecule has 2 aromatic carbocycles. The van der Waals surface area contributed by atoms with Gasteiger partial charge in [0.2, 0.25) is 0 Å². The fraction of sp³-hybridized carbons (Fsp3) is 0.176. The number of methoxy groups -OCH3 is 1. The van der Waals surface area contributed by atoms with Gasteiger partial charge >= 0.3 is 6.03 Å². The van der Waals surface area contributed by atoms with Crippen molar-refractivity contribution in [1.29, 1.82) is 0 Å². The molecular formula is C17H17N3O2S. The van der Waals surface area contributed by atoms with Crippen LogP contribution >= 0.6 is 11.3 Å².